The van der Waals surface area contributed by atoms with Gasteiger partial charge in [0.2, 0.25) is 0 Å². The molecule has 1 saturated heterocycles. The van der Waals surface area contributed by atoms with Gasteiger partial charge in [0.25, 0.3) is 5.91 Å². The predicted molar refractivity (Wildman–Crippen MR) is 97.1 cm³/mol. The van der Waals surface area contributed by atoms with Crippen molar-refractivity contribution < 1.29 is 13.9 Å². The number of nitrogens with one attached hydrogen (secondary N) is 1. The summed E-state index contributed by atoms with van der Waals surface area (Å²) in [5, 5.41) is 2.99. The lowest BCUT2D eigenvalue weighted by atomic mass is 9.98. The standard InChI is InChI=1S/C21H24FNO2/c1-15-12-19(22)7-8-20(15)17-5-2-6-18(13-17)21(24)23-10-3-4-16-9-11-25-14-16/h2,5-8,12-13,16H,3-4,9-11,14H2,1H3,(H,23,24)/t16-/m1/s1. The zero-order valence-electron chi connectivity index (χ0n) is 14.6. The average molecular weight is 341 g/mol. The predicted octanol–water partition coefficient (Wildman–Crippen LogP) is 4.35. The molecule has 1 fully saturated rings. The van der Waals surface area contributed by atoms with Crippen molar-refractivity contribution in [3.63, 3.8) is 0 Å². The Morgan fingerprint density at radius 1 is 1.28 bits per heavy atom. The molecule has 2 aromatic carbocycles. The maximum Gasteiger partial charge on any atom is 0.251 e. The molecule has 0 saturated carbocycles. The van der Waals surface area contributed by atoms with Crippen LogP contribution in [-0.2, 0) is 4.74 Å². The Labute approximate surface area is 148 Å². The first-order chi connectivity index (χ1) is 12.1. The maximum atomic E-state index is 13.3. The van der Waals surface area contributed by atoms with Crippen molar-refractivity contribution in [2.75, 3.05) is 19.8 Å². The van der Waals surface area contributed by atoms with Crippen LogP contribution in [0.25, 0.3) is 11.1 Å². The summed E-state index contributed by atoms with van der Waals surface area (Å²) in [6, 6.07) is 12.2. The van der Waals surface area contributed by atoms with Crippen molar-refractivity contribution in [1.82, 2.24) is 5.32 Å². The third kappa shape index (κ3) is 4.67. The Kier molecular flexibility index (Phi) is 5.82. The lowest BCUT2D eigenvalue weighted by molar-refractivity contribution is 0.0952. The van der Waals surface area contributed by atoms with E-state index in [1.807, 2.05) is 31.2 Å². The quantitative estimate of drug-likeness (QED) is 0.794. The average Bonchev–Trinajstić information content (AvgIpc) is 3.12. The molecule has 1 aliphatic heterocycles. The molecule has 3 rings (SSSR count). The number of benzene rings is 2. The van der Waals surface area contributed by atoms with Gasteiger partial charge < -0.3 is 10.1 Å². The van der Waals surface area contributed by atoms with Crippen LogP contribution in [-0.4, -0.2) is 25.7 Å². The molecule has 1 amide bonds. The molecule has 0 bridgehead atoms. The van der Waals surface area contributed by atoms with Gasteiger partial charge >= 0.3 is 0 Å². The fourth-order valence-corrected chi connectivity index (χ4v) is 3.28. The monoisotopic (exact) mass is 341 g/mol. The SMILES string of the molecule is Cc1cc(F)ccc1-c1cccc(C(=O)NCCC[C@@H]2CCOC2)c1. The second-order valence-electron chi connectivity index (χ2n) is 6.67. The highest BCUT2D eigenvalue weighted by atomic mass is 19.1. The van der Waals surface area contributed by atoms with E-state index < -0.39 is 0 Å². The highest BCUT2D eigenvalue weighted by molar-refractivity contribution is 5.95. The second kappa shape index (κ2) is 8.26. The zero-order valence-corrected chi connectivity index (χ0v) is 14.6. The summed E-state index contributed by atoms with van der Waals surface area (Å²) in [4.78, 5) is 12.4. The van der Waals surface area contributed by atoms with E-state index >= 15 is 0 Å². The topological polar surface area (TPSA) is 38.3 Å². The van der Waals surface area contributed by atoms with Gasteiger partial charge in [-0.1, -0.05) is 18.2 Å². The molecular formula is C21H24FNO2. The van der Waals surface area contributed by atoms with E-state index in [0.29, 0.717) is 18.0 Å². The summed E-state index contributed by atoms with van der Waals surface area (Å²) in [6.45, 7) is 4.27. The smallest absolute Gasteiger partial charge is 0.251 e. The van der Waals surface area contributed by atoms with Crippen molar-refractivity contribution >= 4 is 5.91 Å². The molecule has 0 aliphatic carbocycles. The lowest BCUT2D eigenvalue weighted by Gasteiger charge is -2.10. The van der Waals surface area contributed by atoms with Crippen molar-refractivity contribution in [2.24, 2.45) is 5.92 Å². The highest BCUT2D eigenvalue weighted by Gasteiger charge is 2.15. The molecule has 0 spiro atoms. The fraction of sp³-hybridized carbons (Fsp3) is 0.381. The Bertz CT molecular complexity index is 738. The number of ether oxygens (including phenoxy) is 1. The molecule has 1 atom stereocenters. The molecular weight excluding hydrogens is 317 g/mol. The number of aryl methyl sites for hydroxylation is 1. The number of rotatable bonds is 6. The van der Waals surface area contributed by atoms with E-state index in [4.69, 9.17) is 4.74 Å². The molecule has 1 N–H and O–H groups in total. The van der Waals surface area contributed by atoms with Gasteiger partial charge in [0.05, 0.1) is 0 Å². The van der Waals surface area contributed by atoms with E-state index in [0.717, 1.165) is 49.2 Å². The number of amides is 1. The molecule has 0 radical (unpaired) electrons. The lowest BCUT2D eigenvalue weighted by Crippen LogP contribution is -2.24. The fourth-order valence-electron chi connectivity index (χ4n) is 3.28. The van der Waals surface area contributed by atoms with E-state index in [1.165, 1.54) is 12.1 Å². The van der Waals surface area contributed by atoms with Crippen LogP contribution in [0, 0.1) is 18.7 Å². The van der Waals surface area contributed by atoms with Gasteiger partial charge in [-0.2, -0.15) is 0 Å². The Morgan fingerprint density at radius 2 is 2.16 bits per heavy atom. The van der Waals surface area contributed by atoms with Gasteiger partial charge in [0, 0.05) is 25.3 Å². The van der Waals surface area contributed by atoms with Crippen molar-refractivity contribution in [2.45, 2.75) is 26.2 Å². The molecule has 1 heterocycles. The first-order valence-corrected chi connectivity index (χ1v) is 8.86. The summed E-state index contributed by atoms with van der Waals surface area (Å²) in [6.07, 6.45) is 3.19. The van der Waals surface area contributed by atoms with Crippen LogP contribution < -0.4 is 5.32 Å². The second-order valence-corrected chi connectivity index (χ2v) is 6.67. The highest BCUT2D eigenvalue weighted by Crippen LogP contribution is 2.25. The van der Waals surface area contributed by atoms with Crippen molar-refractivity contribution in [3.05, 3.63) is 59.4 Å². The van der Waals surface area contributed by atoms with E-state index in [1.54, 1.807) is 6.07 Å². The third-order valence-corrected chi connectivity index (χ3v) is 4.72. The largest absolute Gasteiger partial charge is 0.381 e. The minimum Gasteiger partial charge on any atom is -0.381 e. The van der Waals surface area contributed by atoms with Crippen molar-refractivity contribution in [1.29, 1.82) is 0 Å². The zero-order chi connectivity index (χ0) is 17.6. The normalized spacial score (nSPS) is 16.8. The maximum absolute atomic E-state index is 13.3. The number of carbonyl (C=O) groups is 1. The first kappa shape index (κ1) is 17.6. The number of hydrogen-bond acceptors (Lipinski definition) is 2. The van der Waals surface area contributed by atoms with E-state index in [-0.39, 0.29) is 11.7 Å². The van der Waals surface area contributed by atoms with Crippen LogP contribution in [0.2, 0.25) is 0 Å². The van der Waals surface area contributed by atoms with Crippen LogP contribution >= 0.6 is 0 Å². The molecule has 132 valence electrons. The van der Waals surface area contributed by atoms with E-state index in [2.05, 4.69) is 5.32 Å². The minimum absolute atomic E-state index is 0.0655. The molecule has 0 aromatic heterocycles. The molecule has 25 heavy (non-hydrogen) atoms. The Morgan fingerprint density at radius 3 is 2.92 bits per heavy atom. The van der Waals surface area contributed by atoms with Crippen LogP contribution in [0.15, 0.2) is 42.5 Å². The van der Waals surface area contributed by atoms with Gasteiger partial charge in [0.15, 0.2) is 0 Å². The molecule has 4 heteroatoms. The van der Waals surface area contributed by atoms with Crippen LogP contribution in [0.4, 0.5) is 4.39 Å². The number of halogens is 1. The summed E-state index contributed by atoms with van der Waals surface area (Å²) in [5.41, 5.74) is 3.35. The first-order valence-electron chi connectivity index (χ1n) is 8.86. The summed E-state index contributed by atoms with van der Waals surface area (Å²) in [7, 11) is 0. The minimum atomic E-state index is -0.247. The van der Waals surface area contributed by atoms with Crippen LogP contribution in [0.5, 0.6) is 0 Å². The molecule has 1 aliphatic rings. The number of hydrogen-bond donors (Lipinski definition) is 1. The van der Waals surface area contributed by atoms with Crippen LogP contribution in [0.3, 0.4) is 0 Å². The van der Waals surface area contributed by atoms with Crippen molar-refractivity contribution in [3.8, 4) is 11.1 Å². The van der Waals surface area contributed by atoms with Gasteiger partial charge in [-0.3, -0.25) is 4.79 Å². The number of carbonyl (C=O) groups excluding carboxylic acids is 1. The molecule has 3 nitrogen and oxygen atoms in total. The molecule has 2 aromatic rings. The Hall–Kier alpha value is -2.20. The molecule has 0 unspecified atom stereocenters. The summed E-state index contributed by atoms with van der Waals surface area (Å²) < 4.78 is 18.6. The van der Waals surface area contributed by atoms with Gasteiger partial charge in [-0.05, 0) is 73.1 Å². The third-order valence-electron chi connectivity index (χ3n) is 4.72. The summed E-state index contributed by atoms with van der Waals surface area (Å²) >= 11 is 0. The van der Waals surface area contributed by atoms with Gasteiger partial charge in [-0.25, -0.2) is 4.39 Å². The van der Waals surface area contributed by atoms with Gasteiger partial charge in [-0.15, -0.1) is 0 Å². The van der Waals surface area contributed by atoms with E-state index in [9.17, 15) is 9.18 Å². The van der Waals surface area contributed by atoms with Gasteiger partial charge in [0.1, 0.15) is 5.82 Å². The summed E-state index contributed by atoms with van der Waals surface area (Å²) in [5.74, 6) is 0.328. The van der Waals surface area contributed by atoms with Crippen LogP contribution in [0.1, 0.15) is 35.2 Å². The Balaban J connectivity index is 1.59.